The van der Waals surface area contributed by atoms with Gasteiger partial charge >= 0.3 is 0 Å². The highest BCUT2D eigenvalue weighted by Crippen LogP contribution is 2.31. The predicted octanol–water partition coefficient (Wildman–Crippen LogP) is 4.83. The molecule has 0 unspecified atom stereocenters. The Kier molecular flexibility index (Phi) is 4.93. The van der Waals surface area contributed by atoms with Gasteiger partial charge < -0.3 is 10.1 Å². The number of nitro benzene ring substituents is 1. The molecular weight excluding hydrogens is 382 g/mol. The van der Waals surface area contributed by atoms with Crippen LogP contribution in [0, 0.1) is 21.4 Å². The third-order valence-electron chi connectivity index (χ3n) is 4.49. The lowest BCUT2D eigenvalue weighted by atomic mass is 10.1. The Morgan fingerprint density at radius 1 is 1.07 bits per heavy atom. The van der Waals surface area contributed by atoms with Crippen molar-refractivity contribution in [1.29, 1.82) is 5.26 Å². The number of rotatable bonds is 5. The van der Waals surface area contributed by atoms with Crippen LogP contribution < -0.4 is 10.1 Å². The van der Waals surface area contributed by atoms with E-state index in [4.69, 9.17) is 10.00 Å². The molecule has 0 fully saturated rings. The summed E-state index contributed by atoms with van der Waals surface area (Å²) in [7, 11) is 1.58. The molecule has 3 aromatic carbocycles. The molecule has 0 amide bonds. The molecule has 0 bridgehead atoms. The minimum Gasteiger partial charge on any atom is -0.497 e. The first kappa shape index (κ1) is 18.8. The second-order valence-electron chi connectivity index (χ2n) is 6.40. The van der Waals surface area contributed by atoms with Gasteiger partial charge in [0.1, 0.15) is 11.6 Å². The lowest BCUT2D eigenvalue weighted by Gasteiger charge is -2.12. The molecule has 1 heterocycles. The maximum atomic E-state index is 11.2. The fourth-order valence-electron chi connectivity index (χ4n) is 2.98. The molecule has 0 saturated heterocycles. The van der Waals surface area contributed by atoms with Crippen LogP contribution in [0.25, 0.3) is 22.3 Å². The summed E-state index contributed by atoms with van der Waals surface area (Å²) in [5.41, 5.74) is 2.48. The fraction of sp³-hybridized carbons (Fsp3) is 0.0455. The number of hydrogen-bond acceptors (Lipinski definition) is 7. The Morgan fingerprint density at radius 3 is 2.57 bits per heavy atom. The molecule has 146 valence electrons. The van der Waals surface area contributed by atoms with Crippen molar-refractivity contribution < 1.29 is 9.66 Å². The number of benzene rings is 3. The van der Waals surface area contributed by atoms with E-state index in [-0.39, 0.29) is 5.69 Å². The number of nitro groups is 1. The van der Waals surface area contributed by atoms with E-state index >= 15 is 0 Å². The van der Waals surface area contributed by atoms with Crippen LogP contribution in [0.5, 0.6) is 5.75 Å². The van der Waals surface area contributed by atoms with E-state index in [0.717, 1.165) is 5.56 Å². The van der Waals surface area contributed by atoms with Crippen LogP contribution in [0.1, 0.15) is 5.56 Å². The molecule has 0 spiro atoms. The van der Waals surface area contributed by atoms with Gasteiger partial charge in [0.05, 0.1) is 29.2 Å². The van der Waals surface area contributed by atoms with E-state index in [1.54, 1.807) is 37.4 Å². The van der Waals surface area contributed by atoms with E-state index in [9.17, 15) is 10.1 Å². The molecule has 0 aliphatic rings. The Balaban J connectivity index is 1.87. The number of hydrogen-bond donors (Lipinski definition) is 1. The van der Waals surface area contributed by atoms with Gasteiger partial charge in [-0.1, -0.05) is 12.1 Å². The summed E-state index contributed by atoms with van der Waals surface area (Å²) in [5.74, 6) is 1.54. The topological polar surface area (TPSA) is 114 Å². The Morgan fingerprint density at radius 2 is 1.87 bits per heavy atom. The molecule has 1 N–H and O–H groups in total. The zero-order valence-corrected chi connectivity index (χ0v) is 15.9. The van der Waals surface area contributed by atoms with Gasteiger partial charge in [-0.3, -0.25) is 10.1 Å². The number of ether oxygens (including phenoxy) is 1. The molecule has 0 atom stereocenters. The van der Waals surface area contributed by atoms with Crippen LogP contribution in [-0.4, -0.2) is 22.0 Å². The molecule has 0 aliphatic carbocycles. The van der Waals surface area contributed by atoms with Gasteiger partial charge in [-0.05, 0) is 42.5 Å². The van der Waals surface area contributed by atoms with Crippen molar-refractivity contribution in [2.75, 3.05) is 12.4 Å². The second kappa shape index (κ2) is 7.85. The number of fused-ring (bicyclic) bond motifs is 1. The van der Waals surface area contributed by atoms with Crippen LogP contribution in [0.2, 0.25) is 0 Å². The summed E-state index contributed by atoms with van der Waals surface area (Å²) in [4.78, 5) is 20.0. The van der Waals surface area contributed by atoms with E-state index in [1.807, 2.05) is 24.3 Å². The van der Waals surface area contributed by atoms with Crippen molar-refractivity contribution >= 4 is 28.1 Å². The first-order chi connectivity index (χ1) is 14.6. The predicted molar refractivity (Wildman–Crippen MR) is 113 cm³/mol. The third kappa shape index (κ3) is 3.72. The first-order valence-electron chi connectivity index (χ1n) is 8.95. The van der Waals surface area contributed by atoms with Crippen molar-refractivity contribution in [1.82, 2.24) is 9.97 Å². The Labute approximate surface area is 171 Å². The van der Waals surface area contributed by atoms with E-state index < -0.39 is 4.92 Å². The van der Waals surface area contributed by atoms with Crippen molar-refractivity contribution in [3.63, 3.8) is 0 Å². The number of methoxy groups -OCH3 is 1. The SMILES string of the molecule is COc1cccc(-c2nc(Nc3ccc(C#N)cc3)c3cc([N+](=O)[O-])ccc3n2)c1. The van der Waals surface area contributed by atoms with Crippen molar-refractivity contribution in [3.8, 4) is 23.2 Å². The highest BCUT2D eigenvalue weighted by Gasteiger charge is 2.14. The third-order valence-corrected chi connectivity index (χ3v) is 4.49. The summed E-state index contributed by atoms with van der Waals surface area (Å²) in [5, 5.41) is 23.9. The normalized spacial score (nSPS) is 10.4. The molecule has 4 rings (SSSR count). The molecule has 0 saturated carbocycles. The molecular formula is C22H15N5O3. The summed E-state index contributed by atoms with van der Waals surface area (Å²) < 4.78 is 5.28. The first-order valence-corrected chi connectivity index (χ1v) is 8.95. The van der Waals surface area contributed by atoms with Crippen LogP contribution >= 0.6 is 0 Å². The molecule has 0 aliphatic heterocycles. The highest BCUT2D eigenvalue weighted by molar-refractivity contribution is 5.93. The number of nitrogens with zero attached hydrogens (tertiary/aromatic N) is 4. The standard InChI is InChI=1S/C22H15N5O3/c1-30-18-4-2-3-15(11-18)21-25-20-10-9-17(27(28)29)12-19(20)22(26-21)24-16-7-5-14(13-23)6-8-16/h2-12H,1H3,(H,24,25,26). The quantitative estimate of drug-likeness (QED) is 0.379. The Hall–Kier alpha value is -4.51. The number of non-ortho nitro benzene ring substituents is 1. The van der Waals surface area contributed by atoms with Gasteiger partial charge in [0.2, 0.25) is 0 Å². The average Bonchev–Trinajstić information content (AvgIpc) is 2.79. The molecule has 1 aromatic heterocycles. The lowest BCUT2D eigenvalue weighted by Crippen LogP contribution is -2.00. The van der Waals surface area contributed by atoms with Crippen molar-refractivity contribution in [2.24, 2.45) is 0 Å². The van der Waals surface area contributed by atoms with E-state index in [2.05, 4.69) is 21.4 Å². The van der Waals surface area contributed by atoms with Crippen LogP contribution in [-0.2, 0) is 0 Å². The van der Waals surface area contributed by atoms with Gasteiger partial charge in [-0.2, -0.15) is 5.26 Å². The molecule has 4 aromatic rings. The Bertz CT molecular complexity index is 1300. The van der Waals surface area contributed by atoms with Crippen molar-refractivity contribution in [2.45, 2.75) is 0 Å². The van der Waals surface area contributed by atoms with Crippen LogP contribution in [0.4, 0.5) is 17.2 Å². The summed E-state index contributed by atoms with van der Waals surface area (Å²) >= 11 is 0. The minimum absolute atomic E-state index is 0.0527. The minimum atomic E-state index is -0.457. The smallest absolute Gasteiger partial charge is 0.270 e. The van der Waals surface area contributed by atoms with E-state index in [1.165, 1.54) is 12.1 Å². The summed E-state index contributed by atoms with van der Waals surface area (Å²) in [6.45, 7) is 0. The monoisotopic (exact) mass is 397 g/mol. The number of aromatic nitrogens is 2. The maximum Gasteiger partial charge on any atom is 0.270 e. The van der Waals surface area contributed by atoms with Crippen molar-refractivity contribution in [3.05, 3.63) is 82.4 Å². The van der Waals surface area contributed by atoms with Gasteiger partial charge in [0, 0.05) is 28.8 Å². The number of nitrogens with one attached hydrogen (secondary N) is 1. The van der Waals surface area contributed by atoms with E-state index in [0.29, 0.717) is 39.5 Å². The zero-order chi connectivity index (χ0) is 21.1. The molecule has 8 nitrogen and oxygen atoms in total. The van der Waals surface area contributed by atoms with Crippen LogP contribution in [0.3, 0.4) is 0 Å². The summed E-state index contributed by atoms with van der Waals surface area (Å²) in [6.07, 6.45) is 0. The highest BCUT2D eigenvalue weighted by atomic mass is 16.6. The van der Waals surface area contributed by atoms with Gasteiger partial charge in [0.15, 0.2) is 5.82 Å². The molecule has 8 heteroatoms. The average molecular weight is 397 g/mol. The van der Waals surface area contributed by atoms with Gasteiger partial charge in [-0.25, -0.2) is 9.97 Å². The van der Waals surface area contributed by atoms with Crippen LogP contribution in [0.15, 0.2) is 66.7 Å². The summed E-state index contributed by atoms with van der Waals surface area (Å²) in [6, 6.07) is 20.7. The maximum absolute atomic E-state index is 11.2. The second-order valence-corrected chi connectivity index (χ2v) is 6.40. The number of anilines is 2. The largest absolute Gasteiger partial charge is 0.497 e. The molecule has 30 heavy (non-hydrogen) atoms. The fourth-order valence-corrected chi connectivity index (χ4v) is 2.98. The number of nitriles is 1. The van der Waals surface area contributed by atoms with Gasteiger partial charge in [-0.15, -0.1) is 0 Å². The van der Waals surface area contributed by atoms with Gasteiger partial charge in [0.25, 0.3) is 5.69 Å². The molecule has 0 radical (unpaired) electrons. The zero-order valence-electron chi connectivity index (χ0n) is 15.9. The lowest BCUT2D eigenvalue weighted by molar-refractivity contribution is -0.384.